The van der Waals surface area contributed by atoms with Crippen LogP contribution in [-0.2, 0) is 4.74 Å². The van der Waals surface area contributed by atoms with E-state index in [4.69, 9.17) is 16.2 Å². The summed E-state index contributed by atoms with van der Waals surface area (Å²) in [5.41, 5.74) is 12.8. The maximum Gasteiger partial charge on any atom is 0.326 e. The first-order chi connectivity index (χ1) is 5.18. The van der Waals surface area contributed by atoms with E-state index in [0.29, 0.717) is 19.7 Å². The van der Waals surface area contributed by atoms with Gasteiger partial charge in [0, 0.05) is 6.54 Å². The highest BCUT2D eigenvalue weighted by molar-refractivity contribution is 5.70. The van der Waals surface area contributed by atoms with E-state index in [0.717, 1.165) is 0 Å². The summed E-state index contributed by atoms with van der Waals surface area (Å²) in [7, 11) is 0. The molecule has 1 heterocycles. The van der Waals surface area contributed by atoms with Gasteiger partial charge in [-0.2, -0.15) is 0 Å². The van der Waals surface area contributed by atoms with Crippen LogP contribution in [0.1, 0.15) is 0 Å². The molecule has 0 aromatic rings. The van der Waals surface area contributed by atoms with E-state index in [-0.39, 0.29) is 6.23 Å². The van der Waals surface area contributed by atoms with E-state index in [2.05, 4.69) is 5.43 Å². The molecule has 6 nitrogen and oxygen atoms in total. The molecule has 1 unspecified atom stereocenters. The Kier molecular flexibility index (Phi) is 2.64. The van der Waals surface area contributed by atoms with E-state index >= 15 is 0 Å². The van der Waals surface area contributed by atoms with Gasteiger partial charge in [-0.25, -0.2) is 9.80 Å². The number of nitrogens with zero attached hydrogens (tertiary/aromatic N) is 1. The predicted octanol–water partition coefficient (Wildman–Crippen LogP) is -1.81. The standard InChI is InChI=1S/C5H12N4O2/c6-4-3-9(1-2-11-4)8-5(7)10/h4H,1-3,6H2,(H3,7,8,10). The summed E-state index contributed by atoms with van der Waals surface area (Å²) in [6.45, 7) is 1.61. The van der Waals surface area contributed by atoms with Gasteiger partial charge in [-0.05, 0) is 0 Å². The quantitative estimate of drug-likeness (QED) is 0.421. The SMILES string of the molecule is NC(=O)NN1CCOC(N)C1. The zero-order chi connectivity index (χ0) is 8.27. The van der Waals surface area contributed by atoms with Crippen LogP contribution in [0.4, 0.5) is 4.79 Å². The Morgan fingerprint density at radius 3 is 3.00 bits per heavy atom. The molecule has 5 N–H and O–H groups in total. The van der Waals surface area contributed by atoms with Crippen LogP contribution in [0.15, 0.2) is 0 Å². The topological polar surface area (TPSA) is 93.6 Å². The van der Waals surface area contributed by atoms with Crippen LogP contribution in [0.5, 0.6) is 0 Å². The number of nitrogens with two attached hydrogens (primary N) is 2. The Morgan fingerprint density at radius 2 is 2.45 bits per heavy atom. The van der Waals surface area contributed by atoms with Crippen molar-refractivity contribution in [2.24, 2.45) is 11.5 Å². The summed E-state index contributed by atoms with van der Waals surface area (Å²) < 4.78 is 5.03. The van der Waals surface area contributed by atoms with Gasteiger partial charge in [0.25, 0.3) is 0 Å². The van der Waals surface area contributed by atoms with Crippen molar-refractivity contribution >= 4 is 6.03 Å². The number of carbonyl (C=O) groups is 1. The van der Waals surface area contributed by atoms with Crippen molar-refractivity contribution < 1.29 is 9.53 Å². The van der Waals surface area contributed by atoms with Gasteiger partial charge in [0.2, 0.25) is 0 Å². The zero-order valence-electron chi connectivity index (χ0n) is 6.12. The van der Waals surface area contributed by atoms with Crippen LogP contribution >= 0.6 is 0 Å². The van der Waals surface area contributed by atoms with Crippen molar-refractivity contribution in [1.29, 1.82) is 0 Å². The largest absolute Gasteiger partial charge is 0.361 e. The number of nitrogens with one attached hydrogen (secondary N) is 1. The number of carbonyl (C=O) groups excluding carboxylic acids is 1. The average Bonchev–Trinajstić information content (AvgIpc) is 1.85. The minimum absolute atomic E-state index is 0.337. The molecular weight excluding hydrogens is 148 g/mol. The van der Waals surface area contributed by atoms with Crippen LogP contribution < -0.4 is 16.9 Å². The molecule has 0 aliphatic carbocycles. The van der Waals surface area contributed by atoms with Crippen molar-refractivity contribution in [2.75, 3.05) is 19.7 Å². The second kappa shape index (κ2) is 3.51. The Hall–Kier alpha value is -0.850. The van der Waals surface area contributed by atoms with Gasteiger partial charge >= 0.3 is 6.03 Å². The van der Waals surface area contributed by atoms with Crippen molar-refractivity contribution in [3.63, 3.8) is 0 Å². The number of primary amides is 1. The predicted molar refractivity (Wildman–Crippen MR) is 38.2 cm³/mol. The molecule has 64 valence electrons. The molecule has 0 aromatic carbocycles. The molecule has 1 fully saturated rings. The number of amides is 2. The molecule has 0 radical (unpaired) electrons. The number of rotatable bonds is 1. The highest BCUT2D eigenvalue weighted by Gasteiger charge is 2.17. The lowest BCUT2D eigenvalue weighted by Gasteiger charge is -2.30. The molecule has 11 heavy (non-hydrogen) atoms. The maximum absolute atomic E-state index is 10.4. The first-order valence-corrected chi connectivity index (χ1v) is 3.36. The summed E-state index contributed by atoms with van der Waals surface area (Å²) in [5.74, 6) is 0. The molecular formula is C5H12N4O2. The minimum Gasteiger partial charge on any atom is -0.361 e. The summed E-state index contributed by atoms with van der Waals surface area (Å²) in [4.78, 5) is 10.4. The van der Waals surface area contributed by atoms with E-state index in [9.17, 15) is 4.79 Å². The lowest BCUT2D eigenvalue weighted by atomic mass is 10.4. The van der Waals surface area contributed by atoms with Crippen LogP contribution in [0, 0.1) is 0 Å². The lowest BCUT2D eigenvalue weighted by molar-refractivity contribution is -0.0372. The van der Waals surface area contributed by atoms with Gasteiger partial charge in [0.05, 0.1) is 13.2 Å². The molecule has 0 bridgehead atoms. The second-order valence-electron chi connectivity index (χ2n) is 2.33. The monoisotopic (exact) mass is 160 g/mol. The molecule has 1 aliphatic rings. The third-order valence-electron chi connectivity index (χ3n) is 1.36. The first kappa shape index (κ1) is 8.25. The normalized spacial score (nSPS) is 26.5. The number of morpholine rings is 1. The highest BCUT2D eigenvalue weighted by atomic mass is 16.5. The van der Waals surface area contributed by atoms with Gasteiger partial charge in [-0.15, -0.1) is 0 Å². The van der Waals surface area contributed by atoms with Crippen molar-refractivity contribution in [2.45, 2.75) is 6.23 Å². The van der Waals surface area contributed by atoms with Crippen LogP contribution in [0.2, 0.25) is 0 Å². The van der Waals surface area contributed by atoms with E-state index in [1.165, 1.54) is 0 Å². The fourth-order valence-electron chi connectivity index (χ4n) is 0.933. The third-order valence-corrected chi connectivity index (χ3v) is 1.36. The van der Waals surface area contributed by atoms with Crippen LogP contribution in [0.25, 0.3) is 0 Å². The maximum atomic E-state index is 10.4. The van der Waals surface area contributed by atoms with Crippen molar-refractivity contribution in [3.05, 3.63) is 0 Å². The summed E-state index contributed by atoms with van der Waals surface area (Å²) in [5, 5.41) is 1.64. The summed E-state index contributed by atoms with van der Waals surface area (Å²) >= 11 is 0. The number of hydrazine groups is 1. The summed E-state index contributed by atoms with van der Waals surface area (Å²) in [6.07, 6.45) is -0.337. The highest BCUT2D eigenvalue weighted by Crippen LogP contribution is 1.96. The number of ether oxygens (including phenoxy) is 1. The van der Waals surface area contributed by atoms with Gasteiger partial charge in [-0.1, -0.05) is 0 Å². The van der Waals surface area contributed by atoms with Crippen LogP contribution in [0.3, 0.4) is 0 Å². The fraction of sp³-hybridized carbons (Fsp3) is 0.800. The van der Waals surface area contributed by atoms with Gasteiger partial charge < -0.3 is 16.2 Å². The van der Waals surface area contributed by atoms with Gasteiger partial charge in [0.15, 0.2) is 0 Å². The molecule has 1 saturated heterocycles. The first-order valence-electron chi connectivity index (χ1n) is 3.36. The Balaban J connectivity index is 2.28. The van der Waals surface area contributed by atoms with E-state index < -0.39 is 6.03 Å². The molecule has 0 saturated carbocycles. The molecule has 0 aromatic heterocycles. The lowest BCUT2D eigenvalue weighted by Crippen LogP contribution is -2.55. The molecule has 2 amide bonds. The van der Waals surface area contributed by atoms with E-state index in [1.54, 1.807) is 5.01 Å². The molecule has 0 spiro atoms. The number of hydrogen-bond donors (Lipinski definition) is 3. The van der Waals surface area contributed by atoms with E-state index in [1.807, 2.05) is 0 Å². The van der Waals surface area contributed by atoms with Gasteiger partial charge in [0.1, 0.15) is 6.23 Å². The third kappa shape index (κ3) is 2.71. The smallest absolute Gasteiger partial charge is 0.326 e. The minimum atomic E-state index is -0.570. The van der Waals surface area contributed by atoms with Crippen molar-refractivity contribution in [1.82, 2.24) is 10.4 Å². The number of hydrogen-bond acceptors (Lipinski definition) is 4. The Morgan fingerprint density at radius 1 is 1.73 bits per heavy atom. The number of urea groups is 1. The molecule has 1 rings (SSSR count). The average molecular weight is 160 g/mol. The van der Waals surface area contributed by atoms with Crippen LogP contribution in [-0.4, -0.2) is 37.0 Å². The van der Waals surface area contributed by atoms with Gasteiger partial charge in [-0.3, -0.25) is 5.43 Å². The molecule has 1 aliphatic heterocycles. The Bertz CT molecular complexity index is 151. The summed E-state index contributed by atoms with van der Waals surface area (Å²) in [6, 6.07) is -0.570. The zero-order valence-corrected chi connectivity index (χ0v) is 6.12. The fourth-order valence-corrected chi connectivity index (χ4v) is 0.933. The Labute approximate surface area is 64.4 Å². The molecule has 6 heteroatoms. The molecule has 1 atom stereocenters. The second-order valence-corrected chi connectivity index (χ2v) is 2.33. The van der Waals surface area contributed by atoms with Crippen molar-refractivity contribution in [3.8, 4) is 0 Å².